The lowest BCUT2D eigenvalue weighted by Gasteiger charge is -2.28. The molecule has 1 aromatic rings. The molecule has 146 valence electrons. The zero-order chi connectivity index (χ0) is 19.9. The molecular weight excluding hydrogens is 391 g/mol. The van der Waals surface area contributed by atoms with E-state index in [1.807, 2.05) is 0 Å². The Morgan fingerprint density at radius 3 is 2.67 bits per heavy atom. The number of halogens is 3. The van der Waals surface area contributed by atoms with Crippen LogP contribution in [0.15, 0.2) is 5.38 Å². The van der Waals surface area contributed by atoms with E-state index in [0.717, 1.165) is 4.88 Å². The van der Waals surface area contributed by atoms with Crippen LogP contribution in [0.5, 0.6) is 0 Å². The van der Waals surface area contributed by atoms with E-state index in [-0.39, 0.29) is 37.4 Å². The summed E-state index contributed by atoms with van der Waals surface area (Å²) in [5.41, 5.74) is 6.66. The first-order chi connectivity index (χ1) is 12.6. The fraction of sp³-hybridized carbons (Fsp3) is 0.467. The van der Waals surface area contributed by atoms with Crippen molar-refractivity contribution in [3.8, 4) is 0 Å². The smallest absolute Gasteiger partial charge is 0.326 e. The van der Waals surface area contributed by atoms with E-state index in [4.69, 9.17) is 5.73 Å². The van der Waals surface area contributed by atoms with Crippen LogP contribution in [-0.2, 0) is 32.3 Å². The van der Waals surface area contributed by atoms with Crippen molar-refractivity contribution in [2.45, 2.75) is 44.6 Å². The number of carbonyl (C=O) groups excluding carboxylic acids is 4. The normalized spacial score (nSPS) is 20.7. The Balaban J connectivity index is 1.85. The fourth-order valence-electron chi connectivity index (χ4n) is 3.04. The third kappa shape index (κ3) is 3.41. The van der Waals surface area contributed by atoms with Crippen LogP contribution in [0.4, 0.5) is 13.2 Å². The van der Waals surface area contributed by atoms with Crippen LogP contribution in [0.25, 0.3) is 0 Å². The summed E-state index contributed by atoms with van der Waals surface area (Å²) in [4.78, 5) is 54.2. The molecule has 12 heteroatoms. The summed E-state index contributed by atoms with van der Waals surface area (Å²) >= 11 is 1.31. The van der Waals surface area contributed by atoms with Gasteiger partial charge >= 0.3 is 12.1 Å². The summed E-state index contributed by atoms with van der Waals surface area (Å²) in [7, 11) is 0. The molecule has 2 aliphatic heterocycles. The van der Waals surface area contributed by atoms with Crippen molar-refractivity contribution in [3.05, 3.63) is 21.4 Å². The summed E-state index contributed by atoms with van der Waals surface area (Å²) in [5.74, 6) is -5.40. The van der Waals surface area contributed by atoms with Gasteiger partial charge in [0, 0.05) is 29.8 Å². The molecule has 1 aromatic heterocycles. The van der Waals surface area contributed by atoms with Gasteiger partial charge in [0.2, 0.25) is 0 Å². The van der Waals surface area contributed by atoms with E-state index < -0.39 is 35.9 Å². The highest BCUT2D eigenvalue weighted by Crippen LogP contribution is 2.34. The zero-order valence-electron chi connectivity index (χ0n) is 13.7. The molecule has 0 saturated carbocycles. The highest BCUT2D eigenvalue weighted by molar-refractivity contribution is 7.10. The third-order valence-corrected chi connectivity index (χ3v) is 5.40. The first-order valence-electron chi connectivity index (χ1n) is 7.91. The van der Waals surface area contributed by atoms with Gasteiger partial charge in [-0.3, -0.25) is 14.4 Å². The van der Waals surface area contributed by atoms with Crippen molar-refractivity contribution in [2.75, 3.05) is 0 Å². The van der Waals surface area contributed by atoms with Crippen LogP contribution in [0.3, 0.4) is 0 Å². The van der Waals surface area contributed by atoms with Crippen LogP contribution in [0, 0.1) is 0 Å². The van der Waals surface area contributed by atoms with Gasteiger partial charge in [-0.05, 0) is 18.4 Å². The van der Waals surface area contributed by atoms with Gasteiger partial charge in [-0.1, -0.05) is 0 Å². The molecule has 0 bridgehead atoms. The number of hydrogen-bond donors (Lipinski definition) is 1. The molecule has 0 aromatic carbocycles. The van der Waals surface area contributed by atoms with Gasteiger partial charge in [0.05, 0.1) is 5.56 Å². The number of rotatable bonds is 3. The number of hydroxylamine groups is 2. The first-order valence-corrected chi connectivity index (χ1v) is 8.79. The predicted octanol–water partition coefficient (Wildman–Crippen LogP) is 1.09. The summed E-state index contributed by atoms with van der Waals surface area (Å²) in [5, 5.41) is 1.43. The monoisotopic (exact) mass is 405 g/mol. The molecule has 2 N–H and O–H groups in total. The molecule has 0 aliphatic carbocycles. The molecule has 8 nitrogen and oxygen atoms in total. The van der Waals surface area contributed by atoms with Crippen LogP contribution in [0.1, 0.15) is 40.1 Å². The number of fused-ring (bicyclic) bond motifs is 1. The summed E-state index contributed by atoms with van der Waals surface area (Å²) in [6.07, 6.45) is -5.45. The predicted molar refractivity (Wildman–Crippen MR) is 83.7 cm³/mol. The van der Waals surface area contributed by atoms with E-state index >= 15 is 0 Å². The lowest BCUT2D eigenvalue weighted by Crippen LogP contribution is -2.50. The Labute approximate surface area is 154 Å². The lowest BCUT2D eigenvalue weighted by atomic mass is 10.1. The van der Waals surface area contributed by atoms with Gasteiger partial charge in [-0.2, -0.15) is 13.2 Å². The highest BCUT2D eigenvalue weighted by atomic mass is 32.1. The molecule has 3 amide bonds. The van der Waals surface area contributed by atoms with Crippen molar-refractivity contribution in [1.82, 2.24) is 9.96 Å². The number of thiophene rings is 1. The summed E-state index contributed by atoms with van der Waals surface area (Å²) in [6, 6.07) is -1.21. The number of nitrogens with zero attached hydrogens (tertiary/aromatic N) is 2. The lowest BCUT2D eigenvalue weighted by molar-refractivity contribution is -0.236. The SMILES string of the molecule is NCc1scc2c1CN([C@H]1CCCC(=O)N(OC(=O)C(F)(F)F)C1=O)C2=O. The molecule has 3 rings (SSSR count). The Bertz CT molecular complexity index is 822. The van der Waals surface area contributed by atoms with Gasteiger partial charge in [0.25, 0.3) is 17.7 Å². The van der Waals surface area contributed by atoms with Crippen molar-refractivity contribution in [3.63, 3.8) is 0 Å². The van der Waals surface area contributed by atoms with Crippen LogP contribution >= 0.6 is 11.3 Å². The quantitative estimate of drug-likeness (QED) is 0.754. The average molecular weight is 405 g/mol. The van der Waals surface area contributed by atoms with Crippen molar-refractivity contribution < 1.29 is 37.2 Å². The summed E-state index contributed by atoms with van der Waals surface area (Å²) < 4.78 is 37.3. The molecule has 1 saturated heterocycles. The van der Waals surface area contributed by atoms with Gasteiger partial charge < -0.3 is 15.5 Å². The second-order valence-corrected chi connectivity index (χ2v) is 6.96. The van der Waals surface area contributed by atoms with Gasteiger partial charge in [-0.25, -0.2) is 4.79 Å². The van der Waals surface area contributed by atoms with Crippen LogP contribution in [0.2, 0.25) is 0 Å². The number of hydrogen-bond acceptors (Lipinski definition) is 7. The Morgan fingerprint density at radius 1 is 1.33 bits per heavy atom. The molecule has 27 heavy (non-hydrogen) atoms. The van der Waals surface area contributed by atoms with E-state index in [1.54, 1.807) is 5.38 Å². The Morgan fingerprint density at radius 2 is 2.04 bits per heavy atom. The minimum atomic E-state index is -5.37. The minimum absolute atomic E-state index is 0.0514. The highest BCUT2D eigenvalue weighted by Gasteiger charge is 2.48. The Hall–Kier alpha value is -2.47. The molecule has 0 spiro atoms. The molecule has 1 atom stereocenters. The molecular formula is C15H14F3N3O5S. The standard InChI is InChI=1S/C15H14F3N3O5S/c16-15(17,18)14(25)26-21-11(22)3-1-2-9(13(21)24)20-5-7-8(12(20)23)6-27-10(7)4-19/h6,9H,1-5,19H2/t9-/m0/s1. The Kier molecular flexibility index (Phi) is 4.95. The maximum atomic E-state index is 12.6. The van der Waals surface area contributed by atoms with Crippen molar-refractivity contribution in [1.29, 1.82) is 0 Å². The van der Waals surface area contributed by atoms with Crippen molar-refractivity contribution in [2.24, 2.45) is 5.73 Å². The summed E-state index contributed by atoms with van der Waals surface area (Å²) in [6.45, 7) is 0.253. The topological polar surface area (TPSA) is 110 Å². The zero-order valence-corrected chi connectivity index (χ0v) is 14.6. The molecule has 2 aliphatic rings. The van der Waals surface area contributed by atoms with Gasteiger partial charge in [-0.15, -0.1) is 16.4 Å². The molecule has 0 radical (unpaired) electrons. The van der Waals surface area contributed by atoms with E-state index in [2.05, 4.69) is 4.84 Å². The number of carbonyl (C=O) groups is 4. The number of amides is 3. The number of nitrogens with two attached hydrogens (primary N) is 1. The van der Waals surface area contributed by atoms with Crippen molar-refractivity contribution >= 4 is 35.0 Å². The molecule has 0 unspecified atom stereocenters. The first kappa shape index (κ1) is 19.3. The maximum Gasteiger partial charge on any atom is 0.493 e. The second kappa shape index (κ2) is 6.93. The minimum Gasteiger partial charge on any atom is -0.326 e. The number of alkyl halides is 3. The van der Waals surface area contributed by atoms with E-state index in [9.17, 15) is 32.3 Å². The van der Waals surface area contributed by atoms with Gasteiger partial charge in [0.1, 0.15) is 6.04 Å². The largest absolute Gasteiger partial charge is 0.493 e. The molecule has 1 fully saturated rings. The second-order valence-electron chi connectivity index (χ2n) is 6.00. The van der Waals surface area contributed by atoms with Crippen LogP contribution < -0.4 is 5.73 Å². The van der Waals surface area contributed by atoms with E-state index in [0.29, 0.717) is 11.1 Å². The fourth-order valence-corrected chi connectivity index (χ4v) is 3.96. The van der Waals surface area contributed by atoms with E-state index in [1.165, 1.54) is 16.2 Å². The average Bonchev–Trinajstić information content (AvgIpc) is 3.11. The maximum absolute atomic E-state index is 12.6. The third-order valence-electron chi connectivity index (χ3n) is 4.35. The van der Waals surface area contributed by atoms with Crippen LogP contribution in [-0.4, -0.2) is 45.9 Å². The molecule has 3 heterocycles. The van der Waals surface area contributed by atoms with Gasteiger partial charge in [0.15, 0.2) is 0 Å². The number of imide groups is 1.